The summed E-state index contributed by atoms with van der Waals surface area (Å²) in [6.45, 7) is 2.52. The van der Waals surface area contributed by atoms with Crippen molar-refractivity contribution < 1.29 is 14.6 Å². The first-order valence-corrected chi connectivity index (χ1v) is 6.45. The molecule has 1 aliphatic rings. The van der Waals surface area contributed by atoms with E-state index in [1.54, 1.807) is 11.9 Å². The van der Waals surface area contributed by atoms with Gasteiger partial charge in [0, 0.05) is 32.7 Å². The van der Waals surface area contributed by atoms with Gasteiger partial charge in [0.1, 0.15) is 5.69 Å². The van der Waals surface area contributed by atoms with Gasteiger partial charge in [-0.1, -0.05) is 0 Å². The fourth-order valence-electron chi connectivity index (χ4n) is 2.24. The molecule has 1 aliphatic heterocycles. The van der Waals surface area contributed by atoms with Gasteiger partial charge in [0.15, 0.2) is 0 Å². The first-order chi connectivity index (χ1) is 9.99. The van der Waals surface area contributed by atoms with Crippen LogP contribution >= 0.6 is 0 Å². The summed E-state index contributed by atoms with van der Waals surface area (Å²) >= 11 is 0. The number of anilines is 1. The molecule has 0 aliphatic carbocycles. The quantitative estimate of drug-likeness (QED) is 0.635. The number of morpholine rings is 1. The number of nitro groups is 2. The lowest BCUT2D eigenvalue weighted by molar-refractivity contribution is -0.393. The van der Waals surface area contributed by atoms with E-state index in [0.717, 1.165) is 12.6 Å². The van der Waals surface area contributed by atoms with E-state index in [-0.39, 0.29) is 17.5 Å². The average molecular weight is 296 g/mol. The third kappa shape index (κ3) is 3.64. The molecule has 1 heterocycles. The number of non-ortho nitro benzene ring substituents is 1. The second kappa shape index (κ2) is 6.46. The van der Waals surface area contributed by atoms with Gasteiger partial charge >= 0.3 is 0 Å². The predicted molar refractivity (Wildman–Crippen MR) is 75.6 cm³/mol. The smallest absolute Gasteiger partial charge is 0.299 e. The largest absolute Gasteiger partial charge is 0.374 e. The molecule has 9 nitrogen and oxygen atoms in total. The predicted octanol–water partition coefficient (Wildman–Crippen LogP) is 0.928. The Morgan fingerprint density at radius 1 is 1.38 bits per heavy atom. The van der Waals surface area contributed by atoms with E-state index in [2.05, 4.69) is 5.32 Å². The normalized spacial score (nSPS) is 18.2. The van der Waals surface area contributed by atoms with Crippen molar-refractivity contribution >= 4 is 17.1 Å². The molecule has 0 aromatic heterocycles. The summed E-state index contributed by atoms with van der Waals surface area (Å²) in [6.07, 6.45) is -0.0708. The molecular weight excluding hydrogens is 280 g/mol. The van der Waals surface area contributed by atoms with Crippen LogP contribution < -0.4 is 10.2 Å². The lowest BCUT2D eigenvalue weighted by Crippen LogP contribution is -2.44. The number of likely N-dealkylation sites (N-methyl/N-ethyl adjacent to an activating group) is 1. The summed E-state index contributed by atoms with van der Waals surface area (Å²) in [5, 5.41) is 25.0. The van der Waals surface area contributed by atoms with E-state index < -0.39 is 9.85 Å². The number of nitrogens with one attached hydrogen (secondary N) is 1. The molecule has 114 valence electrons. The summed E-state index contributed by atoms with van der Waals surface area (Å²) in [4.78, 5) is 22.2. The topological polar surface area (TPSA) is 111 Å². The van der Waals surface area contributed by atoms with Crippen LogP contribution in [0.15, 0.2) is 18.2 Å². The second-order valence-electron chi connectivity index (χ2n) is 4.76. The maximum atomic E-state index is 11.1. The van der Waals surface area contributed by atoms with E-state index in [9.17, 15) is 20.2 Å². The molecule has 0 saturated carbocycles. The van der Waals surface area contributed by atoms with Gasteiger partial charge in [0.05, 0.1) is 28.6 Å². The van der Waals surface area contributed by atoms with Crippen molar-refractivity contribution in [2.45, 2.75) is 6.10 Å². The summed E-state index contributed by atoms with van der Waals surface area (Å²) in [6, 6.07) is 3.64. The molecule has 1 atom stereocenters. The van der Waals surface area contributed by atoms with Gasteiger partial charge in [0.2, 0.25) is 0 Å². The van der Waals surface area contributed by atoms with Crippen molar-refractivity contribution in [1.82, 2.24) is 5.32 Å². The summed E-state index contributed by atoms with van der Waals surface area (Å²) < 4.78 is 5.55. The monoisotopic (exact) mass is 296 g/mol. The van der Waals surface area contributed by atoms with Crippen molar-refractivity contribution in [1.29, 1.82) is 0 Å². The molecule has 1 N–H and O–H groups in total. The van der Waals surface area contributed by atoms with E-state index in [1.165, 1.54) is 12.1 Å². The summed E-state index contributed by atoms with van der Waals surface area (Å²) in [7, 11) is 1.70. The first-order valence-electron chi connectivity index (χ1n) is 6.45. The molecule has 2 rings (SSSR count). The Hall–Kier alpha value is -2.26. The molecule has 21 heavy (non-hydrogen) atoms. The summed E-state index contributed by atoms with van der Waals surface area (Å²) in [5.41, 5.74) is -0.246. The lowest BCUT2D eigenvalue weighted by atomic mass is 10.2. The zero-order chi connectivity index (χ0) is 15.4. The lowest BCUT2D eigenvalue weighted by Gasteiger charge is -2.28. The van der Waals surface area contributed by atoms with Crippen LogP contribution in [0.2, 0.25) is 0 Å². The van der Waals surface area contributed by atoms with Gasteiger partial charge in [0.25, 0.3) is 11.4 Å². The van der Waals surface area contributed by atoms with Gasteiger partial charge in [-0.15, -0.1) is 0 Å². The standard InChI is InChI=1S/C12H16N4O5/c1-14(8-10-7-13-4-5-21-10)11-3-2-9(15(17)18)6-12(11)16(19)20/h2-3,6,10,13H,4-5,7-8H2,1H3. The van der Waals surface area contributed by atoms with Gasteiger partial charge < -0.3 is 15.0 Å². The number of hydrogen-bond donors (Lipinski definition) is 1. The van der Waals surface area contributed by atoms with Crippen molar-refractivity contribution in [3.05, 3.63) is 38.4 Å². The van der Waals surface area contributed by atoms with Crippen LogP contribution in [-0.2, 0) is 4.74 Å². The fourth-order valence-corrected chi connectivity index (χ4v) is 2.24. The number of nitrogens with zero attached hydrogens (tertiary/aromatic N) is 3. The molecule has 0 spiro atoms. The van der Waals surface area contributed by atoms with Crippen LogP contribution in [0, 0.1) is 20.2 Å². The number of hydrogen-bond acceptors (Lipinski definition) is 7. The molecule has 1 aromatic rings. The summed E-state index contributed by atoms with van der Waals surface area (Å²) in [5.74, 6) is 0. The molecule has 1 fully saturated rings. The highest BCUT2D eigenvalue weighted by Gasteiger charge is 2.24. The van der Waals surface area contributed by atoms with Crippen LogP contribution in [0.5, 0.6) is 0 Å². The maximum absolute atomic E-state index is 11.1. The van der Waals surface area contributed by atoms with Crippen LogP contribution in [0.1, 0.15) is 0 Å². The zero-order valence-corrected chi connectivity index (χ0v) is 11.5. The van der Waals surface area contributed by atoms with Crippen LogP contribution in [0.4, 0.5) is 17.1 Å². The SMILES string of the molecule is CN(CC1CNCCO1)c1ccc([N+](=O)[O-])cc1[N+](=O)[O-]. The van der Waals surface area contributed by atoms with Crippen molar-refractivity contribution in [2.24, 2.45) is 0 Å². The Kier molecular flexibility index (Phi) is 4.66. The highest BCUT2D eigenvalue weighted by Crippen LogP contribution is 2.31. The van der Waals surface area contributed by atoms with Crippen molar-refractivity contribution in [3.63, 3.8) is 0 Å². The second-order valence-corrected chi connectivity index (χ2v) is 4.76. The molecule has 0 radical (unpaired) electrons. The Morgan fingerprint density at radius 2 is 2.14 bits per heavy atom. The van der Waals surface area contributed by atoms with Crippen molar-refractivity contribution in [3.8, 4) is 0 Å². The number of nitro benzene ring substituents is 2. The molecule has 1 aromatic carbocycles. The minimum absolute atomic E-state index is 0.0708. The Morgan fingerprint density at radius 3 is 2.71 bits per heavy atom. The molecule has 1 saturated heterocycles. The van der Waals surface area contributed by atoms with Gasteiger partial charge in [-0.3, -0.25) is 20.2 Å². The molecule has 0 amide bonds. The first kappa shape index (κ1) is 15.1. The van der Waals surface area contributed by atoms with Crippen LogP contribution in [0.25, 0.3) is 0 Å². The minimum atomic E-state index is -0.648. The third-order valence-corrected chi connectivity index (χ3v) is 3.26. The molecule has 9 heteroatoms. The minimum Gasteiger partial charge on any atom is -0.374 e. The van der Waals surface area contributed by atoms with Crippen molar-refractivity contribution in [2.75, 3.05) is 38.2 Å². The van der Waals surface area contributed by atoms with E-state index in [1.807, 2.05) is 0 Å². The van der Waals surface area contributed by atoms with Gasteiger partial charge in [-0.05, 0) is 6.07 Å². The molecular formula is C12H16N4O5. The maximum Gasteiger partial charge on any atom is 0.299 e. The Bertz CT molecular complexity index is 544. The van der Waals surface area contributed by atoms with E-state index in [4.69, 9.17) is 4.74 Å². The molecule has 0 bridgehead atoms. The molecule has 1 unspecified atom stereocenters. The third-order valence-electron chi connectivity index (χ3n) is 3.26. The highest BCUT2D eigenvalue weighted by molar-refractivity contribution is 5.66. The van der Waals surface area contributed by atoms with E-state index in [0.29, 0.717) is 25.4 Å². The fraction of sp³-hybridized carbons (Fsp3) is 0.500. The number of benzene rings is 1. The van der Waals surface area contributed by atoms with Gasteiger partial charge in [-0.2, -0.15) is 0 Å². The average Bonchev–Trinajstić information content (AvgIpc) is 2.47. The Labute approximate surface area is 120 Å². The highest BCUT2D eigenvalue weighted by atomic mass is 16.6. The van der Waals surface area contributed by atoms with Gasteiger partial charge in [-0.25, -0.2) is 0 Å². The number of rotatable bonds is 5. The number of ether oxygens (including phenoxy) is 1. The zero-order valence-electron chi connectivity index (χ0n) is 11.5. The van der Waals surface area contributed by atoms with Crippen LogP contribution in [0.3, 0.4) is 0 Å². The van der Waals surface area contributed by atoms with Crippen LogP contribution in [-0.4, -0.2) is 49.2 Å². The Balaban J connectivity index is 2.20. The van der Waals surface area contributed by atoms with E-state index >= 15 is 0 Å².